The maximum absolute atomic E-state index is 12.2. The molecule has 5 nitrogen and oxygen atoms in total. The highest BCUT2D eigenvalue weighted by molar-refractivity contribution is 6.02. The Morgan fingerprint density at radius 1 is 1.35 bits per heavy atom. The molecule has 0 bridgehead atoms. The summed E-state index contributed by atoms with van der Waals surface area (Å²) in [4.78, 5) is 27.2. The zero-order valence-electron chi connectivity index (χ0n) is 10.7. The molecular formula is C12H20N2O3. The van der Waals surface area contributed by atoms with Crippen LogP contribution in [0.3, 0.4) is 0 Å². The van der Waals surface area contributed by atoms with E-state index >= 15 is 0 Å². The van der Waals surface area contributed by atoms with Crippen molar-refractivity contribution >= 4 is 11.9 Å². The van der Waals surface area contributed by atoms with Crippen molar-refractivity contribution in [3.05, 3.63) is 0 Å². The Morgan fingerprint density at radius 2 is 2.06 bits per heavy atom. The number of urea groups is 1. The first-order chi connectivity index (χ1) is 8.00. The van der Waals surface area contributed by atoms with E-state index in [2.05, 4.69) is 0 Å². The molecule has 0 N–H and O–H groups in total. The van der Waals surface area contributed by atoms with Gasteiger partial charge in [-0.25, -0.2) is 4.79 Å². The van der Waals surface area contributed by atoms with Gasteiger partial charge in [0.1, 0.15) is 6.54 Å². The first-order valence-electron chi connectivity index (χ1n) is 6.25. The second-order valence-electron chi connectivity index (χ2n) is 5.13. The number of carbonyl (C=O) groups is 2. The van der Waals surface area contributed by atoms with E-state index in [9.17, 15) is 9.59 Å². The van der Waals surface area contributed by atoms with Gasteiger partial charge >= 0.3 is 6.03 Å². The molecule has 2 aliphatic rings. The fourth-order valence-electron chi connectivity index (χ4n) is 2.51. The SMILES string of the molecule is CC1CC(N2C(=O)CN(C(C)C)C2=O)CCO1. The number of imide groups is 1. The molecule has 2 rings (SSSR count). The van der Waals surface area contributed by atoms with Gasteiger partial charge < -0.3 is 9.64 Å². The first-order valence-corrected chi connectivity index (χ1v) is 6.25. The lowest BCUT2D eigenvalue weighted by Gasteiger charge is -2.33. The van der Waals surface area contributed by atoms with Gasteiger partial charge in [-0.05, 0) is 33.6 Å². The van der Waals surface area contributed by atoms with Gasteiger partial charge in [0.25, 0.3) is 5.91 Å². The molecule has 0 aromatic rings. The Hall–Kier alpha value is -1.10. The van der Waals surface area contributed by atoms with Crippen LogP contribution >= 0.6 is 0 Å². The zero-order valence-corrected chi connectivity index (χ0v) is 10.7. The smallest absolute Gasteiger partial charge is 0.327 e. The predicted octanol–water partition coefficient (Wildman–Crippen LogP) is 1.23. The van der Waals surface area contributed by atoms with Gasteiger partial charge in [0.05, 0.1) is 6.10 Å². The van der Waals surface area contributed by atoms with Crippen LogP contribution in [0.4, 0.5) is 4.79 Å². The molecule has 3 amide bonds. The second-order valence-corrected chi connectivity index (χ2v) is 5.13. The molecule has 2 saturated heterocycles. The van der Waals surface area contributed by atoms with Crippen LogP contribution in [0.5, 0.6) is 0 Å². The highest BCUT2D eigenvalue weighted by Gasteiger charge is 2.42. The summed E-state index contributed by atoms with van der Waals surface area (Å²) in [6.45, 7) is 6.70. The van der Waals surface area contributed by atoms with E-state index in [0.717, 1.165) is 12.8 Å². The third-order valence-electron chi connectivity index (χ3n) is 3.47. The molecule has 0 aromatic carbocycles. The van der Waals surface area contributed by atoms with E-state index in [1.165, 1.54) is 4.90 Å². The summed E-state index contributed by atoms with van der Waals surface area (Å²) in [5.41, 5.74) is 0. The van der Waals surface area contributed by atoms with Crippen molar-refractivity contribution in [1.29, 1.82) is 0 Å². The van der Waals surface area contributed by atoms with Crippen molar-refractivity contribution in [3.63, 3.8) is 0 Å². The van der Waals surface area contributed by atoms with E-state index in [1.807, 2.05) is 20.8 Å². The molecule has 0 aliphatic carbocycles. The Bertz CT molecular complexity index is 330. The van der Waals surface area contributed by atoms with Crippen LogP contribution in [0.25, 0.3) is 0 Å². The number of hydrogen-bond acceptors (Lipinski definition) is 3. The average molecular weight is 240 g/mol. The molecule has 0 aromatic heterocycles. The molecule has 2 heterocycles. The third-order valence-corrected chi connectivity index (χ3v) is 3.47. The fourth-order valence-corrected chi connectivity index (χ4v) is 2.51. The van der Waals surface area contributed by atoms with Crippen LogP contribution in [0.15, 0.2) is 0 Å². The summed E-state index contributed by atoms with van der Waals surface area (Å²) in [5.74, 6) is -0.0669. The van der Waals surface area contributed by atoms with Crippen molar-refractivity contribution in [2.45, 2.75) is 51.8 Å². The van der Waals surface area contributed by atoms with E-state index in [1.54, 1.807) is 4.90 Å². The zero-order chi connectivity index (χ0) is 12.6. The van der Waals surface area contributed by atoms with E-state index in [0.29, 0.717) is 6.61 Å². The lowest BCUT2D eigenvalue weighted by atomic mass is 10.0. The number of hydrogen-bond donors (Lipinski definition) is 0. The number of carbonyl (C=O) groups excluding carboxylic acids is 2. The van der Waals surface area contributed by atoms with Crippen molar-refractivity contribution in [2.24, 2.45) is 0 Å². The number of ether oxygens (including phenoxy) is 1. The number of nitrogens with zero attached hydrogens (tertiary/aromatic N) is 2. The van der Waals surface area contributed by atoms with E-state index in [4.69, 9.17) is 4.74 Å². The summed E-state index contributed by atoms with van der Waals surface area (Å²) in [7, 11) is 0. The van der Waals surface area contributed by atoms with Gasteiger partial charge in [-0.2, -0.15) is 0 Å². The summed E-state index contributed by atoms with van der Waals surface area (Å²) in [5, 5.41) is 0. The van der Waals surface area contributed by atoms with Gasteiger partial charge in [-0.15, -0.1) is 0 Å². The van der Waals surface area contributed by atoms with E-state index in [-0.39, 0.29) is 36.7 Å². The predicted molar refractivity (Wildman–Crippen MR) is 62.5 cm³/mol. The normalized spacial score (nSPS) is 30.6. The molecule has 2 unspecified atom stereocenters. The van der Waals surface area contributed by atoms with Crippen LogP contribution in [-0.4, -0.2) is 53.1 Å². The van der Waals surface area contributed by atoms with Crippen LogP contribution < -0.4 is 0 Å². The largest absolute Gasteiger partial charge is 0.378 e. The lowest BCUT2D eigenvalue weighted by molar-refractivity contribution is -0.128. The monoisotopic (exact) mass is 240 g/mol. The quantitative estimate of drug-likeness (QED) is 0.682. The molecule has 17 heavy (non-hydrogen) atoms. The van der Waals surface area contributed by atoms with Crippen molar-refractivity contribution < 1.29 is 14.3 Å². The molecular weight excluding hydrogens is 220 g/mol. The maximum Gasteiger partial charge on any atom is 0.327 e. The van der Waals surface area contributed by atoms with E-state index < -0.39 is 0 Å². The maximum atomic E-state index is 12.2. The van der Waals surface area contributed by atoms with Gasteiger partial charge in [0, 0.05) is 18.7 Å². The molecule has 2 fully saturated rings. The summed E-state index contributed by atoms with van der Waals surface area (Å²) in [6, 6.07) is -0.0414. The van der Waals surface area contributed by atoms with Crippen molar-refractivity contribution in [2.75, 3.05) is 13.2 Å². The number of rotatable bonds is 2. The van der Waals surface area contributed by atoms with Crippen LogP contribution in [-0.2, 0) is 9.53 Å². The Morgan fingerprint density at radius 3 is 2.59 bits per heavy atom. The summed E-state index contributed by atoms with van der Waals surface area (Å²) in [6.07, 6.45) is 1.64. The summed E-state index contributed by atoms with van der Waals surface area (Å²) >= 11 is 0. The van der Waals surface area contributed by atoms with Crippen LogP contribution in [0, 0.1) is 0 Å². The third kappa shape index (κ3) is 2.29. The highest BCUT2D eigenvalue weighted by atomic mass is 16.5. The van der Waals surface area contributed by atoms with Gasteiger partial charge in [-0.3, -0.25) is 9.69 Å². The highest BCUT2D eigenvalue weighted by Crippen LogP contribution is 2.24. The topological polar surface area (TPSA) is 49.9 Å². The molecule has 0 spiro atoms. The number of amides is 3. The van der Waals surface area contributed by atoms with Gasteiger partial charge in [-0.1, -0.05) is 0 Å². The second kappa shape index (κ2) is 4.64. The summed E-state index contributed by atoms with van der Waals surface area (Å²) < 4.78 is 5.45. The minimum atomic E-state index is -0.135. The minimum Gasteiger partial charge on any atom is -0.378 e. The standard InChI is InChI=1S/C12H20N2O3/c1-8(2)13-7-11(15)14(12(13)16)10-4-5-17-9(3)6-10/h8-10H,4-7H2,1-3H3. The Kier molecular flexibility index (Phi) is 3.38. The molecule has 0 radical (unpaired) electrons. The van der Waals surface area contributed by atoms with Crippen LogP contribution in [0.1, 0.15) is 33.6 Å². The molecule has 2 atom stereocenters. The van der Waals surface area contributed by atoms with Gasteiger partial charge in [0.15, 0.2) is 0 Å². The molecule has 5 heteroatoms. The molecule has 0 saturated carbocycles. The Labute approximate surface area is 102 Å². The molecule has 2 aliphatic heterocycles. The van der Waals surface area contributed by atoms with Crippen LogP contribution in [0.2, 0.25) is 0 Å². The van der Waals surface area contributed by atoms with Gasteiger partial charge in [0.2, 0.25) is 0 Å². The van der Waals surface area contributed by atoms with Crippen molar-refractivity contribution in [1.82, 2.24) is 9.80 Å². The fraction of sp³-hybridized carbons (Fsp3) is 0.833. The Balaban J connectivity index is 2.10. The minimum absolute atomic E-state index is 0.0162. The first kappa shape index (κ1) is 12.4. The average Bonchev–Trinajstić information content (AvgIpc) is 2.54. The lowest BCUT2D eigenvalue weighted by Crippen LogP contribution is -2.46. The van der Waals surface area contributed by atoms with Crippen molar-refractivity contribution in [3.8, 4) is 0 Å². The molecule has 96 valence electrons.